The molecule has 0 bridgehead atoms. The molecule has 2 aliphatic heterocycles. The van der Waals surface area contributed by atoms with Crippen LogP contribution in [0, 0.1) is 12.7 Å². The molecule has 6 rings (SSSR count). The van der Waals surface area contributed by atoms with Crippen molar-refractivity contribution in [2.75, 3.05) is 18.1 Å². The Kier molecular flexibility index (Phi) is 6.99. The van der Waals surface area contributed by atoms with Crippen LogP contribution in [0.15, 0.2) is 76.6 Å². The van der Waals surface area contributed by atoms with E-state index in [4.69, 9.17) is 9.47 Å². The first kappa shape index (κ1) is 26.0. The van der Waals surface area contributed by atoms with Crippen LogP contribution < -0.4 is 14.4 Å². The molecule has 0 spiro atoms. The second kappa shape index (κ2) is 10.7. The Morgan fingerprint density at radius 1 is 1.05 bits per heavy atom. The number of carbonyl (C=O) groups excluding carboxylic acids is 2. The van der Waals surface area contributed by atoms with Crippen molar-refractivity contribution in [3.63, 3.8) is 0 Å². The molecule has 1 N–H and O–H groups in total. The van der Waals surface area contributed by atoms with Gasteiger partial charge in [-0.2, -0.15) is 0 Å². The zero-order chi connectivity index (χ0) is 27.8. The molecule has 40 heavy (non-hydrogen) atoms. The zero-order valence-corrected chi connectivity index (χ0v) is 22.8. The molecule has 1 unspecified atom stereocenters. The molecule has 1 saturated heterocycles. The Hall–Kier alpha value is -4.22. The fourth-order valence-corrected chi connectivity index (χ4v) is 6.38. The quantitative estimate of drug-likeness (QED) is 0.103. The number of ketones is 1. The maximum Gasteiger partial charge on any atom is 0.301 e. The summed E-state index contributed by atoms with van der Waals surface area (Å²) in [4.78, 5) is 27.9. The van der Waals surface area contributed by atoms with Gasteiger partial charge in [0.25, 0.3) is 5.78 Å². The molecule has 3 heterocycles. The predicted molar refractivity (Wildman–Crippen MR) is 149 cm³/mol. The van der Waals surface area contributed by atoms with E-state index >= 15 is 4.39 Å². The number of aliphatic hydroxyl groups excluding tert-OH is 1. The van der Waals surface area contributed by atoms with Gasteiger partial charge < -0.3 is 14.6 Å². The Balaban J connectivity index is 1.39. The molecule has 0 saturated carbocycles. The number of aromatic nitrogens is 2. The third-order valence-corrected chi connectivity index (χ3v) is 8.67. The first-order chi connectivity index (χ1) is 19.4. The van der Waals surface area contributed by atoms with Gasteiger partial charge in [-0.3, -0.25) is 14.5 Å². The van der Waals surface area contributed by atoms with E-state index < -0.39 is 29.3 Å². The van der Waals surface area contributed by atoms with Crippen molar-refractivity contribution in [1.29, 1.82) is 0 Å². The number of carbonyl (C=O) groups is 2. The fraction of sp³-hybridized carbons (Fsp3) is 0.172. The van der Waals surface area contributed by atoms with Crippen molar-refractivity contribution < 1.29 is 28.6 Å². The summed E-state index contributed by atoms with van der Waals surface area (Å²) in [7, 11) is 0. The van der Waals surface area contributed by atoms with Crippen LogP contribution in [0.3, 0.4) is 0 Å². The minimum absolute atomic E-state index is 0.0462. The van der Waals surface area contributed by atoms with Crippen LogP contribution >= 0.6 is 23.1 Å². The summed E-state index contributed by atoms with van der Waals surface area (Å²) >= 11 is 2.56. The monoisotopic (exact) mass is 575 g/mol. The molecule has 0 radical (unpaired) electrons. The number of hydrogen-bond acceptors (Lipinski definition) is 9. The molecule has 2 aliphatic rings. The number of aryl methyl sites for hydroxylation is 1. The van der Waals surface area contributed by atoms with E-state index in [1.165, 1.54) is 36.0 Å². The first-order valence-electron chi connectivity index (χ1n) is 12.4. The molecule has 4 aromatic rings. The molecule has 1 atom stereocenters. The number of Topliss-reactive ketones (excluding diaryl/α,β-unsaturated/α-hetero) is 1. The van der Waals surface area contributed by atoms with Gasteiger partial charge in [-0.1, -0.05) is 71.1 Å². The molecule has 202 valence electrons. The second-order valence-corrected chi connectivity index (χ2v) is 11.4. The first-order valence-corrected chi connectivity index (χ1v) is 14.2. The van der Waals surface area contributed by atoms with Crippen LogP contribution in [0.2, 0.25) is 0 Å². The average Bonchev–Trinajstić information content (AvgIpc) is 3.54. The van der Waals surface area contributed by atoms with Gasteiger partial charge in [-0.15, -0.1) is 10.2 Å². The van der Waals surface area contributed by atoms with E-state index in [-0.39, 0.29) is 21.8 Å². The molecule has 1 aromatic heterocycles. The van der Waals surface area contributed by atoms with E-state index in [1.54, 1.807) is 18.2 Å². The van der Waals surface area contributed by atoms with Crippen LogP contribution in [0.4, 0.5) is 9.52 Å². The lowest BCUT2D eigenvalue weighted by Crippen LogP contribution is -2.29. The molecule has 8 nitrogen and oxygen atoms in total. The van der Waals surface area contributed by atoms with E-state index in [0.29, 0.717) is 34.8 Å². The van der Waals surface area contributed by atoms with Crippen molar-refractivity contribution in [2.45, 2.75) is 23.1 Å². The van der Waals surface area contributed by atoms with Crippen LogP contribution in [-0.4, -0.2) is 40.2 Å². The third-order valence-electron chi connectivity index (χ3n) is 6.54. The standard InChI is InChI=1S/C29H22FN3O5S2/c1-16-6-8-17(9-7-16)15-39-29-32-31-28(40-29)33-24(19-4-2-3-5-20(19)30)23(26(35)27(33)36)25(34)18-10-11-21-22(14-18)38-13-12-37-21/h2-11,14,24,34H,12-13,15H2,1H3. The third kappa shape index (κ3) is 4.82. The Bertz CT molecular complexity index is 1650. The number of benzene rings is 3. The van der Waals surface area contributed by atoms with Crippen molar-refractivity contribution in [3.8, 4) is 11.5 Å². The van der Waals surface area contributed by atoms with E-state index in [1.807, 2.05) is 31.2 Å². The normalized spacial score (nSPS) is 17.9. The predicted octanol–water partition coefficient (Wildman–Crippen LogP) is 5.68. The highest BCUT2D eigenvalue weighted by Crippen LogP contribution is 2.45. The molecule has 1 fully saturated rings. The number of anilines is 1. The number of halogens is 1. The zero-order valence-electron chi connectivity index (χ0n) is 21.2. The van der Waals surface area contributed by atoms with Gasteiger partial charge in [-0.25, -0.2) is 4.39 Å². The summed E-state index contributed by atoms with van der Waals surface area (Å²) in [5, 5.41) is 19.9. The molecule has 3 aromatic carbocycles. The van der Waals surface area contributed by atoms with Crippen LogP contribution in [-0.2, 0) is 15.3 Å². The molecule has 0 aliphatic carbocycles. The number of fused-ring (bicyclic) bond motifs is 1. The van der Waals surface area contributed by atoms with Crippen LogP contribution in [0.25, 0.3) is 5.76 Å². The molecule has 1 amide bonds. The maximum atomic E-state index is 15.2. The highest BCUT2D eigenvalue weighted by atomic mass is 32.2. The highest BCUT2D eigenvalue weighted by Gasteiger charge is 2.49. The lowest BCUT2D eigenvalue weighted by atomic mass is 9.95. The lowest BCUT2D eigenvalue weighted by molar-refractivity contribution is -0.132. The number of nitrogens with zero attached hydrogens (tertiary/aromatic N) is 3. The average molecular weight is 576 g/mol. The maximum absolute atomic E-state index is 15.2. The summed E-state index contributed by atoms with van der Waals surface area (Å²) in [5.74, 6) is -1.45. The summed E-state index contributed by atoms with van der Waals surface area (Å²) in [6.07, 6.45) is 0. The SMILES string of the molecule is Cc1ccc(CSc2nnc(N3C(=O)C(=O)C(=C(O)c4ccc5c(c4)OCCO5)C3c3ccccc3F)s2)cc1. The summed E-state index contributed by atoms with van der Waals surface area (Å²) in [5.41, 5.74) is 2.28. The van der Waals surface area contributed by atoms with E-state index in [2.05, 4.69) is 10.2 Å². The van der Waals surface area contributed by atoms with Crippen molar-refractivity contribution >= 4 is 45.7 Å². The van der Waals surface area contributed by atoms with E-state index in [0.717, 1.165) is 27.4 Å². The number of ether oxygens (including phenoxy) is 2. The van der Waals surface area contributed by atoms with Gasteiger partial charge in [0, 0.05) is 16.9 Å². The molecular formula is C29H22FN3O5S2. The van der Waals surface area contributed by atoms with E-state index in [9.17, 15) is 14.7 Å². The Labute approximate surface area is 237 Å². The highest BCUT2D eigenvalue weighted by molar-refractivity contribution is 8.00. The minimum Gasteiger partial charge on any atom is -0.507 e. The number of rotatable bonds is 6. The summed E-state index contributed by atoms with van der Waals surface area (Å²) in [6, 6.07) is 17.4. The lowest BCUT2D eigenvalue weighted by Gasteiger charge is -2.23. The van der Waals surface area contributed by atoms with Gasteiger partial charge in [0.15, 0.2) is 15.8 Å². The van der Waals surface area contributed by atoms with Crippen LogP contribution in [0.1, 0.15) is 28.3 Å². The van der Waals surface area contributed by atoms with Gasteiger partial charge in [-0.05, 0) is 36.8 Å². The smallest absolute Gasteiger partial charge is 0.301 e. The summed E-state index contributed by atoms with van der Waals surface area (Å²) in [6.45, 7) is 2.74. The summed E-state index contributed by atoms with van der Waals surface area (Å²) < 4.78 is 26.9. The number of aliphatic hydroxyl groups is 1. The number of thioether (sulfide) groups is 1. The van der Waals surface area contributed by atoms with Crippen molar-refractivity contribution in [2.24, 2.45) is 0 Å². The Morgan fingerprint density at radius 2 is 1.80 bits per heavy atom. The van der Waals surface area contributed by atoms with Crippen LogP contribution in [0.5, 0.6) is 11.5 Å². The van der Waals surface area contributed by atoms with Crippen molar-refractivity contribution in [3.05, 3.63) is 100 Å². The Morgan fingerprint density at radius 3 is 2.58 bits per heavy atom. The number of hydrogen-bond donors (Lipinski definition) is 1. The van der Waals surface area contributed by atoms with Gasteiger partial charge >= 0.3 is 5.91 Å². The molecule has 11 heteroatoms. The fourth-order valence-electron chi connectivity index (χ4n) is 4.55. The second-order valence-electron chi connectivity index (χ2n) is 9.17. The largest absolute Gasteiger partial charge is 0.507 e. The van der Waals surface area contributed by atoms with Gasteiger partial charge in [0.1, 0.15) is 30.8 Å². The van der Waals surface area contributed by atoms with Gasteiger partial charge in [0.2, 0.25) is 5.13 Å². The minimum atomic E-state index is -1.25. The molecular weight excluding hydrogens is 553 g/mol. The van der Waals surface area contributed by atoms with Crippen molar-refractivity contribution in [1.82, 2.24) is 10.2 Å². The van der Waals surface area contributed by atoms with Gasteiger partial charge in [0.05, 0.1) is 5.57 Å². The number of amides is 1. The topological polar surface area (TPSA) is 102 Å².